The first-order valence-corrected chi connectivity index (χ1v) is 6.78. The Morgan fingerprint density at radius 1 is 1.25 bits per heavy atom. The van der Waals surface area contributed by atoms with E-state index in [2.05, 4.69) is 5.32 Å². The van der Waals surface area contributed by atoms with Crippen LogP contribution < -0.4 is 5.32 Å². The van der Waals surface area contributed by atoms with Crippen molar-refractivity contribution in [1.29, 1.82) is 0 Å². The summed E-state index contributed by atoms with van der Waals surface area (Å²) in [5, 5.41) is 12.1. The molecule has 2 rings (SSSR count). The van der Waals surface area contributed by atoms with E-state index in [1.807, 2.05) is 37.3 Å². The van der Waals surface area contributed by atoms with Crippen molar-refractivity contribution in [2.24, 2.45) is 0 Å². The number of aromatic hydroxyl groups is 1. The van der Waals surface area contributed by atoms with Crippen LogP contribution in [0.25, 0.3) is 0 Å². The van der Waals surface area contributed by atoms with Gasteiger partial charge >= 0.3 is 0 Å². The number of hydrogen-bond acceptors (Lipinski definition) is 2. The van der Waals surface area contributed by atoms with Crippen molar-refractivity contribution in [3.8, 4) is 5.75 Å². The van der Waals surface area contributed by atoms with Gasteiger partial charge in [0.25, 0.3) is 5.91 Å². The number of alkyl halides is 1. The van der Waals surface area contributed by atoms with Crippen LogP contribution in [0.2, 0.25) is 0 Å². The van der Waals surface area contributed by atoms with Gasteiger partial charge < -0.3 is 10.4 Å². The van der Waals surface area contributed by atoms with Gasteiger partial charge in [-0.3, -0.25) is 4.79 Å². The Hall–Kier alpha value is -2.00. The van der Waals surface area contributed by atoms with E-state index in [4.69, 9.17) is 11.6 Å². The molecule has 0 radical (unpaired) electrons. The molecule has 0 aliphatic rings. The van der Waals surface area contributed by atoms with E-state index >= 15 is 0 Å². The van der Waals surface area contributed by atoms with Gasteiger partial charge in [0.15, 0.2) is 0 Å². The van der Waals surface area contributed by atoms with Gasteiger partial charge in [0.1, 0.15) is 5.75 Å². The Balaban J connectivity index is 2.00. The van der Waals surface area contributed by atoms with Gasteiger partial charge in [0, 0.05) is 6.54 Å². The zero-order valence-corrected chi connectivity index (χ0v) is 11.9. The van der Waals surface area contributed by atoms with Crippen molar-refractivity contribution in [2.75, 3.05) is 6.54 Å². The maximum Gasteiger partial charge on any atom is 0.255 e. The number of benzene rings is 2. The van der Waals surface area contributed by atoms with Crippen molar-refractivity contribution < 1.29 is 9.90 Å². The second kappa shape index (κ2) is 6.44. The van der Waals surface area contributed by atoms with Crippen LogP contribution in [-0.2, 0) is 0 Å². The lowest BCUT2D eigenvalue weighted by Crippen LogP contribution is -2.27. The summed E-state index contributed by atoms with van der Waals surface area (Å²) in [7, 11) is 0. The van der Waals surface area contributed by atoms with Gasteiger partial charge in [-0.25, -0.2) is 0 Å². The summed E-state index contributed by atoms with van der Waals surface area (Å²) in [6.45, 7) is 2.17. The monoisotopic (exact) mass is 289 g/mol. The quantitative estimate of drug-likeness (QED) is 0.848. The summed E-state index contributed by atoms with van der Waals surface area (Å²) in [6.07, 6.45) is 0. The minimum atomic E-state index is -0.326. The number of nitrogens with one attached hydrogen (secondary N) is 1. The average molecular weight is 290 g/mol. The van der Waals surface area contributed by atoms with Crippen LogP contribution in [0.3, 0.4) is 0 Å². The van der Waals surface area contributed by atoms with Crippen LogP contribution in [0.1, 0.15) is 26.9 Å². The molecule has 0 saturated carbocycles. The zero-order valence-electron chi connectivity index (χ0n) is 11.1. The Bertz CT molecular complexity index is 599. The lowest BCUT2D eigenvalue weighted by atomic mass is 10.1. The molecule has 0 heterocycles. The smallest absolute Gasteiger partial charge is 0.255 e. The number of rotatable bonds is 4. The fourth-order valence-electron chi connectivity index (χ4n) is 1.89. The van der Waals surface area contributed by atoms with Gasteiger partial charge in [0.05, 0.1) is 10.9 Å². The highest BCUT2D eigenvalue weighted by Crippen LogP contribution is 2.20. The van der Waals surface area contributed by atoms with E-state index in [0.717, 1.165) is 11.1 Å². The lowest BCUT2D eigenvalue weighted by molar-refractivity contribution is 0.0951. The average Bonchev–Trinajstić information content (AvgIpc) is 2.47. The number of hydrogen-bond donors (Lipinski definition) is 2. The first-order chi connectivity index (χ1) is 9.58. The minimum Gasteiger partial charge on any atom is -0.507 e. The molecule has 1 unspecified atom stereocenters. The van der Waals surface area contributed by atoms with Crippen molar-refractivity contribution >= 4 is 17.5 Å². The van der Waals surface area contributed by atoms with Crippen LogP contribution >= 0.6 is 11.6 Å². The first-order valence-electron chi connectivity index (χ1n) is 6.35. The van der Waals surface area contributed by atoms with Crippen molar-refractivity contribution in [2.45, 2.75) is 12.3 Å². The molecule has 1 amide bonds. The number of phenols is 1. The van der Waals surface area contributed by atoms with Crippen molar-refractivity contribution in [3.63, 3.8) is 0 Å². The van der Waals surface area contributed by atoms with Crippen molar-refractivity contribution in [3.05, 3.63) is 65.2 Å². The predicted octanol–water partition coefficient (Wildman–Crippen LogP) is 3.41. The van der Waals surface area contributed by atoms with Gasteiger partial charge in [-0.2, -0.15) is 0 Å². The van der Waals surface area contributed by atoms with Crippen LogP contribution in [0, 0.1) is 6.92 Å². The molecule has 0 aliphatic carbocycles. The molecule has 0 aromatic heterocycles. The normalized spacial score (nSPS) is 11.9. The molecule has 1 atom stereocenters. The fraction of sp³-hybridized carbons (Fsp3) is 0.188. The Morgan fingerprint density at radius 3 is 2.65 bits per heavy atom. The highest BCUT2D eigenvalue weighted by molar-refractivity contribution is 6.21. The summed E-state index contributed by atoms with van der Waals surface area (Å²) in [5.74, 6) is -0.355. The Kier molecular flexibility index (Phi) is 4.64. The number of carbonyl (C=O) groups excluding carboxylic acids is 1. The molecule has 0 fully saturated rings. The number of amides is 1. The minimum absolute atomic E-state index is 0.0288. The molecule has 20 heavy (non-hydrogen) atoms. The van der Waals surface area contributed by atoms with E-state index < -0.39 is 0 Å². The molecule has 2 aromatic carbocycles. The third-order valence-electron chi connectivity index (χ3n) is 3.00. The third-order valence-corrected chi connectivity index (χ3v) is 3.41. The third kappa shape index (κ3) is 3.52. The van der Waals surface area contributed by atoms with Gasteiger partial charge in [-0.05, 0) is 24.6 Å². The molecule has 0 aliphatic heterocycles. The molecule has 0 bridgehead atoms. The Morgan fingerprint density at radius 2 is 1.95 bits per heavy atom. The van der Waals surface area contributed by atoms with Gasteiger partial charge in [-0.15, -0.1) is 11.6 Å². The standard InChI is InChI=1S/C16H16ClNO2/c1-11-7-8-15(19)13(9-11)16(20)18-10-14(17)12-5-3-2-4-6-12/h2-9,14,19H,10H2,1H3,(H,18,20). The summed E-state index contributed by atoms with van der Waals surface area (Å²) in [4.78, 5) is 12.0. The van der Waals surface area contributed by atoms with Crippen LogP contribution in [0.15, 0.2) is 48.5 Å². The molecule has 4 heteroatoms. The summed E-state index contributed by atoms with van der Waals surface area (Å²) in [5.41, 5.74) is 2.13. The second-order valence-electron chi connectivity index (χ2n) is 4.61. The Labute approximate surface area is 123 Å². The number of phenolic OH excluding ortho intramolecular Hbond substituents is 1. The molecular formula is C16H16ClNO2. The highest BCUT2D eigenvalue weighted by atomic mass is 35.5. The van der Waals surface area contributed by atoms with E-state index in [-0.39, 0.29) is 22.6 Å². The van der Waals surface area contributed by atoms with E-state index in [9.17, 15) is 9.90 Å². The highest BCUT2D eigenvalue weighted by Gasteiger charge is 2.13. The molecule has 2 N–H and O–H groups in total. The lowest BCUT2D eigenvalue weighted by Gasteiger charge is -2.12. The molecule has 3 nitrogen and oxygen atoms in total. The largest absolute Gasteiger partial charge is 0.507 e. The maximum atomic E-state index is 12.0. The van der Waals surface area contributed by atoms with Crippen LogP contribution in [-0.4, -0.2) is 17.6 Å². The van der Waals surface area contributed by atoms with Crippen molar-refractivity contribution in [1.82, 2.24) is 5.32 Å². The summed E-state index contributed by atoms with van der Waals surface area (Å²) < 4.78 is 0. The van der Waals surface area contributed by atoms with Gasteiger partial charge in [-0.1, -0.05) is 42.0 Å². The summed E-state index contributed by atoms with van der Waals surface area (Å²) >= 11 is 6.23. The zero-order chi connectivity index (χ0) is 14.5. The molecule has 104 valence electrons. The molecule has 0 saturated heterocycles. The van der Waals surface area contributed by atoms with Gasteiger partial charge in [0.2, 0.25) is 0 Å². The second-order valence-corrected chi connectivity index (χ2v) is 5.14. The number of halogens is 1. The summed E-state index contributed by atoms with van der Waals surface area (Å²) in [6, 6.07) is 14.5. The fourth-order valence-corrected chi connectivity index (χ4v) is 2.11. The van der Waals surface area contributed by atoms with Crippen LogP contribution in [0.5, 0.6) is 5.75 Å². The number of carbonyl (C=O) groups is 1. The maximum absolute atomic E-state index is 12.0. The molecule has 2 aromatic rings. The van der Waals surface area contributed by atoms with E-state index in [1.165, 1.54) is 6.07 Å². The molecular weight excluding hydrogens is 274 g/mol. The first kappa shape index (κ1) is 14.4. The topological polar surface area (TPSA) is 49.3 Å². The predicted molar refractivity (Wildman–Crippen MR) is 80.2 cm³/mol. The SMILES string of the molecule is Cc1ccc(O)c(C(=O)NCC(Cl)c2ccccc2)c1. The molecule has 0 spiro atoms. The van der Waals surface area contributed by atoms with Crippen LogP contribution in [0.4, 0.5) is 0 Å². The van der Waals surface area contributed by atoms with E-state index in [1.54, 1.807) is 12.1 Å². The number of aryl methyl sites for hydroxylation is 1. The van der Waals surface area contributed by atoms with E-state index in [0.29, 0.717) is 6.54 Å².